The van der Waals surface area contributed by atoms with E-state index in [9.17, 15) is 0 Å². The van der Waals surface area contributed by atoms with E-state index in [0.29, 0.717) is 22.6 Å². The molecule has 2 aliphatic carbocycles. The topological polar surface area (TPSA) is 63.7 Å². The number of Topliss-reactive ketones (excluding diaryl/α,β-unsaturated/α-hetero) is 1. The van der Waals surface area contributed by atoms with E-state index in [4.69, 9.17) is 4.74 Å². The molecule has 2 fully saturated rings. The van der Waals surface area contributed by atoms with Crippen LogP contribution in [0.25, 0.3) is 11.1 Å². The standard InChI is InChI=1S/C40H29NO4/c1-45-31-25-15-14-24-30(31)41-36(42)34-35(37(41)43)40(29-22-12-5-13-23-29)33(27-18-8-3-9-19-27)32(26-16-6-2-7-17-26)39(34,38(40)44)28-20-10-4-11-21-28/h2-25,34-35H,1H3/t34-,35+,39-,40-/m0/s1. The molecule has 3 aliphatic rings. The molecule has 0 spiro atoms. The Morgan fingerprint density at radius 3 is 1.31 bits per heavy atom. The molecule has 2 bridgehead atoms. The van der Waals surface area contributed by atoms with Gasteiger partial charge in [0.25, 0.3) is 0 Å². The summed E-state index contributed by atoms with van der Waals surface area (Å²) in [6.45, 7) is 0. The number of benzene rings is 5. The van der Waals surface area contributed by atoms with E-state index in [0.717, 1.165) is 22.3 Å². The second-order valence-corrected chi connectivity index (χ2v) is 11.8. The zero-order valence-electron chi connectivity index (χ0n) is 24.6. The van der Waals surface area contributed by atoms with E-state index >= 15 is 14.4 Å². The molecule has 1 saturated heterocycles. The van der Waals surface area contributed by atoms with Crippen LogP contribution in [0.2, 0.25) is 0 Å². The molecule has 5 heteroatoms. The Kier molecular flexibility index (Phi) is 6.00. The number of fused-ring (bicyclic) bond motifs is 5. The molecular formula is C40H29NO4. The summed E-state index contributed by atoms with van der Waals surface area (Å²) in [6.07, 6.45) is 0. The van der Waals surface area contributed by atoms with Crippen molar-refractivity contribution in [3.63, 3.8) is 0 Å². The molecule has 0 radical (unpaired) electrons. The van der Waals surface area contributed by atoms with Crippen LogP contribution < -0.4 is 9.64 Å². The molecule has 2 amide bonds. The van der Waals surface area contributed by atoms with Crippen molar-refractivity contribution in [3.8, 4) is 5.75 Å². The van der Waals surface area contributed by atoms with Crippen molar-refractivity contribution in [1.82, 2.24) is 0 Å². The number of allylic oxidation sites excluding steroid dienone is 2. The zero-order valence-corrected chi connectivity index (χ0v) is 24.6. The highest BCUT2D eigenvalue weighted by atomic mass is 16.5. The monoisotopic (exact) mass is 587 g/mol. The molecule has 4 atom stereocenters. The fourth-order valence-corrected chi connectivity index (χ4v) is 8.39. The Balaban J connectivity index is 1.56. The van der Waals surface area contributed by atoms with Crippen LogP contribution in [0.4, 0.5) is 5.69 Å². The lowest BCUT2D eigenvalue weighted by Crippen LogP contribution is -2.45. The van der Waals surface area contributed by atoms with Crippen molar-refractivity contribution in [2.24, 2.45) is 11.8 Å². The van der Waals surface area contributed by atoms with Gasteiger partial charge in [-0.1, -0.05) is 133 Å². The fourth-order valence-electron chi connectivity index (χ4n) is 8.39. The quantitative estimate of drug-likeness (QED) is 0.203. The minimum atomic E-state index is -1.43. The number of methoxy groups -OCH3 is 1. The highest BCUT2D eigenvalue weighted by molar-refractivity contribution is 6.39. The maximum atomic E-state index is 15.9. The Bertz CT molecular complexity index is 1880. The van der Waals surface area contributed by atoms with Crippen molar-refractivity contribution in [3.05, 3.63) is 168 Å². The highest BCUT2D eigenvalue weighted by Gasteiger charge is 2.82. The minimum absolute atomic E-state index is 0.138. The number of hydrogen-bond donors (Lipinski definition) is 0. The molecule has 0 N–H and O–H groups in total. The normalized spacial score (nSPS) is 25.2. The van der Waals surface area contributed by atoms with Gasteiger partial charge in [0.1, 0.15) is 5.75 Å². The molecule has 5 aromatic rings. The SMILES string of the molecule is COc1ccccc1N1C(=O)[C@@H]2[C@H](C1=O)[C@@]1(c3ccccc3)C(=O)[C@@]2(c2ccccc2)C(c2ccccc2)=C1c1ccccc1. The summed E-state index contributed by atoms with van der Waals surface area (Å²) in [6, 6.07) is 45.9. The third-order valence-electron chi connectivity index (χ3n) is 9.90. The molecule has 218 valence electrons. The summed E-state index contributed by atoms with van der Waals surface area (Å²) < 4.78 is 5.64. The van der Waals surface area contributed by atoms with Gasteiger partial charge in [0.15, 0.2) is 5.78 Å². The molecule has 45 heavy (non-hydrogen) atoms. The largest absolute Gasteiger partial charge is 0.495 e. The summed E-state index contributed by atoms with van der Waals surface area (Å²) >= 11 is 0. The number of ketones is 1. The molecule has 5 aromatic carbocycles. The number of carbonyl (C=O) groups excluding carboxylic acids is 3. The van der Waals surface area contributed by atoms with Crippen LogP contribution >= 0.6 is 0 Å². The number of hydrogen-bond acceptors (Lipinski definition) is 4. The number of para-hydroxylation sites is 2. The van der Waals surface area contributed by atoms with E-state index in [2.05, 4.69) is 0 Å². The second-order valence-electron chi connectivity index (χ2n) is 11.8. The average molecular weight is 588 g/mol. The Labute approximate surface area is 261 Å². The van der Waals surface area contributed by atoms with E-state index < -0.39 is 34.5 Å². The van der Waals surface area contributed by atoms with Crippen molar-refractivity contribution in [2.75, 3.05) is 12.0 Å². The minimum Gasteiger partial charge on any atom is -0.495 e. The number of ether oxygens (including phenoxy) is 1. The first-order valence-electron chi connectivity index (χ1n) is 15.1. The Morgan fingerprint density at radius 1 is 0.511 bits per heavy atom. The van der Waals surface area contributed by atoms with Gasteiger partial charge in [0.2, 0.25) is 11.8 Å². The predicted octanol–water partition coefficient (Wildman–Crippen LogP) is 6.88. The third-order valence-corrected chi connectivity index (χ3v) is 9.90. The van der Waals surface area contributed by atoms with Gasteiger partial charge in [-0.3, -0.25) is 14.4 Å². The summed E-state index contributed by atoms with van der Waals surface area (Å²) in [4.78, 5) is 47.2. The van der Waals surface area contributed by atoms with Gasteiger partial charge < -0.3 is 4.74 Å². The first-order valence-corrected chi connectivity index (χ1v) is 15.1. The Morgan fingerprint density at radius 2 is 0.889 bits per heavy atom. The van der Waals surface area contributed by atoms with Crippen LogP contribution in [0, 0.1) is 11.8 Å². The predicted molar refractivity (Wildman–Crippen MR) is 173 cm³/mol. The van der Waals surface area contributed by atoms with Crippen molar-refractivity contribution >= 4 is 34.4 Å². The molecule has 0 unspecified atom stereocenters. The van der Waals surface area contributed by atoms with E-state index in [1.54, 1.807) is 24.3 Å². The first-order chi connectivity index (χ1) is 22.1. The van der Waals surface area contributed by atoms with Crippen molar-refractivity contribution in [1.29, 1.82) is 0 Å². The summed E-state index contributed by atoms with van der Waals surface area (Å²) in [5.41, 5.74) is 2.17. The number of nitrogens with zero attached hydrogens (tertiary/aromatic N) is 1. The molecule has 1 saturated carbocycles. The second kappa shape index (κ2) is 10.00. The number of amides is 2. The van der Waals surface area contributed by atoms with Gasteiger partial charge in [-0.15, -0.1) is 0 Å². The van der Waals surface area contributed by atoms with Crippen LogP contribution in [-0.4, -0.2) is 24.7 Å². The number of rotatable bonds is 6. The van der Waals surface area contributed by atoms with Crippen molar-refractivity contribution < 1.29 is 19.1 Å². The van der Waals surface area contributed by atoms with Crippen molar-refractivity contribution in [2.45, 2.75) is 10.8 Å². The number of anilines is 1. The maximum absolute atomic E-state index is 15.9. The fraction of sp³-hybridized carbons (Fsp3) is 0.125. The van der Waals surface area contributed by atoms with E-state index in [1.165, 1.54) is 12.0 Å². The van der Waals surface area contributed by atoms with Gasteiger partial charge in [-0.05, 0) is 45.5 Å². The smallest absolute Gasteiger partial charge is 0.239 e. The summed E-state index contributed by atoms with van der Waals surface area (Å²) in [5, 5.41) is 0. The van der Waals surface area contributed by atoms with Crippen LogP contribution in [-0.2, 0) is 25.2 Å². The highest BCUT2D eigenvalue weighted by Crippen LogP contribution is 2.74. The molecule has 5 nitrogen and oxygen atoms in total. The lowest BCUT2D eigenvalue weighted by molar-refractivity contribution is -0.130. The van der Waals surface area contributed by atoms with Gasteiger partial charge in [0.05, 0.1) is 35.5 Å². The molecule has 1 aliphatic heterocycles. The zero-order chi connectivity index (χ0) is 30.8. The lowest BCUT2D eigenvalue weighted by Gasteiger charge is -2.39. The summed E-state index contributed by atoms with van der Waals surface area (Å²) in [5.74, 6) is -2.48. The molecule has 0 aromatic heterocycles. The number of carbonyl (C=O) groups is 3. The summed E-state index contributed by atoms with van der Waals surface area (Å²) in [7, 11) is 1.53. The first kappa shape index (κ1) is 27.0. The van der Waals surface area contributed by atoms with Gasteiger partial charge in [0, 0.05) is 0 Å². The van der Waals surface area contributed by atoms with Crippen LogP contribution in [0.3, 0.4) is 0 Å². The van der Waals surface area contributed by atoms with Gasteiger partial charge >= 0.3 is 0 Å². The van der Waals surface area contributed by atoms with Crippen LogP contribution in [0.1, 0.15) is 22.3 Å². The van der Waals surface area contributed by atoms with Gasteiger partial charge in [-0.25, -0.2) is 4.90 Å². The van der Waals surface area contributed by atoms with E-state index in [1.807, 2.05) is 121 Å². The Hall–Kier alpha value is -5.55. The molecular weight excluding hydrogens is 558 g/mol. The lowest BCUT2D eigenvalue weighted by atomic mass is 9.59. The molecule has 8 rings (SSSR count). The average Bonchev–Trinajstić information content (AvgIpc) is 3.61. The van der Waals surface area contributed by atoms with Crippen LogP contribution in [0.15, 0.2) is 146 Å². The van der Waals surface area contributed by atoms with Crippen LogP contribution in [0.5, 0.6) is 5.75 Å². The van der Waals surface area contributed by atoms with E-state index in [-0.39, 0.29) is 5.78 Å². The van der Waals surface area contributed by atoms with Gasteiger partial charge in [-0.2, -0.15) is 0 Å². The number of imide groups is 1. The maximum Gasteiger partial charge on any atom is 0.239 e. The third kappa shape index (κ3) is 3.35. The molecule has 1 heterocycles.